The van der Waals surface area contributed by atoms with Gasteiger partial charge in [-0.05, 0) is 23.4 Å². The SMILES string of the molecule is NC(CC(=O)O)C(=O)N1CCc2sccc2C1C(=O)O. The zero-order valence-electron chi connectivity index (χ0n) is 10.5. The Morgan fingerprint density at radius 2 is 2.15 bits per heavy atom. The van der Waals surface area contributed by atoms with E-state index in [0.717, 1.165) is 9.78 Å². The monoisotopic (exact) mass is 298 g/mol. The molecule has 1 aliphatic heterocycles. The second-order valence-corrected chi connectivity index (χ2v) is 5.53. The molecule has 108 valence electrons. The Bertz CT molecular complexity index is 556. The topological polar surface area (TPSA) is 121 Å². The van der Waals surface area contributed by atoms with E-state index in [4.69, 9.17) is 10.8 Å². The van der Waals surface area contributed by atoms with Gasteiger partial charge in [0.05, 0.1) is 12.5 Å². The number of nitrogens with two attached hydrogens (primary N) is 1. The molecule has 2 rings (SSSR count). The van der Waals surface area contributed by atoms with Gasteiger partial charge < -0.3 is 20.8 Å². The van der Waals surface area contributed by atoms with Gasteiger partial charge in [-0.15, -0.1) is 11.3 Å². The van der Waals surface area contributed by atoms with Crippen LogP contribution in [0.2, 0.25) is 0 Å². The number of carbonyl (C=O) groups excluding carboxylic acids is 1. The minimum atomic E-state index is -1.23. The molecule has 1 amide bonds. The number of fused-ring (bicyclic) bond motifs is 1. The zero-order chi connectivity index (χ0) is 14.9. The zero-order valence-corrected chi connectivity index (χ0v) is 11.3. The lowest BCUT2D eigenvalue weighted by molar-refractivity contribution is -0.152. The first-order valence-electron chi connectivity index (χ1n) is 5.98. The minimum Gasteiger partial charge on any atom is -0.481 e. The number of amides is 1. The Balaban J connectivity index is 2.25. The van der Waals surface area contributed by atoms with Crippen molar-refractivity contribution in [1.82, 2.24) is 4.90 Å². The lowest BCUT2D eigenvalue weighted by Gasteiger charge is -2.34. The molecule has 1 aliphatic rings. The fourth-order valence-electron chi connectivity index (χ4n) is 2.31. The van der Waals surface area contributed by atoms with Crippen molar-refractivity contribution in [2.45, 2.75) is 24.9 Å². The average molecular weight is 298 g/mol. The Kier molecular flexibility index (Phi) is 4.05. The van der Waals surface area contributed by atoms with E-state index in [1.807, 2.05) is 0 Å². The van der Waals surface area contributed by atoms with Crippen molar-refractivity contribution in [3.8, 4) is 0 Å². The first-order valence-corrected chi connectivity index (χ1v) is 6.86. The molecule has 0 aliphatic carbocycles. The lowest BCUT2D eigenvalue weighted by atomic mass is 9.98. The van der Waals surface area contributed by atoms with Crippen molar-refractivity contribution in [3.05, 3.63) is 21.9 Å². The van der Waals surface area contributed by atoms with E-state index >= 15 is 0 Å². The normalized spacial score (nSPS) is 19.2. The van der Waals surface area contributed by atoms with Gasteiger partial charge in [-0.1, -0.05) is 0 Å². The van der Waals surface area contributed by atoms with Crippen molar-refractivity contribution in [2.24, 2.45) is 5.73 Å². The Hall–Kier alpha value is -1.93. The molecule has 0 saturated carbocycles. The summed E-state index contributed by atoms with van der Waals surface area (Å²) < 4.78 is 0. The summed E-state index contributed by atoms with van der Waals surface area (Å²) in [6.45, 7) is 0.233. The summed E-state index contributed by atoms with van der Waals surface area (Å²) in [4.78, 5) is 36.3. The lowest BCUT2D eigenvalue weighted by Crippen LogP contribution is -2.50. The predicted octanol–water partition coefficient (Wildman–Crippen LogP) is 0.0605. The van der Waals surface area contributed by atoms with Crippen molar-refractivity contribution in [3.63, 3.8) is 0 Å². The second-order valence-electron chi connectivity index (χ2n) is 4.53. The van der Waals surface area contributed by atoms with Gasteiger partial charge >= 0.3 is 11.9 Å². The van der Waals surface area contributed by atoms with Crippen molar-refractivity contribution < 1.29 is 24.6 Å². The fraction of sp³-hybridized carbons (Fsp3) is 0.417. The molecule has 2 atom stereocenters. The van der Waals surface area contributed by atoms with Gasteiger partial charge in [-0.3, -0.25) is 9.59 Å². The Morgan fingerprint density at radius 3 is 2.75 bits per heavy atom. The smallest absolute Gasteiger partial charge is 0.331 e. The highest BCUT2D eigenvalue weighted by Crippen LogP contribution is 2.33. The van der Waals surface area contributed by atoms with Gasteiger partial charge in [0.15, 0.2) is 6.04 Å². The third-order valence-electron chi connectivity index (χ3n) is 3.19. The molecule has 2 unspecified atom stereocenters. The number of hydrogen-bond acceptors (Lipinski definition) is 5. The molecule has 1 aromatic rings. The summed E-state index contributed by atoms with van der Waals surface area (Å²) in [7, 11) is 0. The highest BCUT2D eigenvalue weighted by atomic mass is 32.1. The second kappa shape index (κ2) is 5.59. The number of hydrogen-bond donors (Lipinski definition) is 3. The maximum absolute atomic E-state index is 12.2. The number of thiophene rings is 1. The molecule has 0 aromatic carbocycles. The molecule has 0 fully saturated rings. The van der Waals surface area contributed by atoms with Crippen LogP contribution in [0.3, 0.4) is 0 Å². The van der Waals surface area contributed by atoms with Crippen LogP contribution in [-0.4, -0.2) is 45.5 Å². The van der Waals surface area contributed by atoms with Crippen LogP contribution in [0.5, 0.6) is 0 Å². The van der Waals surface area contributed by atoms with Crippen molar-refractivity contribution in [1.29, 1.82) is 0 Å². The molecule has 4 N–H and O–H groups in total. The predicted molar refractivity (Wildman–Crippen MR) is 70.3 cm³/mol. The van der Waals surface area contributed by atoms with E-state index in [2.05, 4.69) is 0 Å². The number of carbonyl (C=O) groups is 3. The summed E-state index contributed by atoms with van der Waals surface area (Å²) in [6.07, 6.45) is 0.0421. The van der Waals surface area contributed by atoms with Gasteiger partial charge in [0.1, 0.15) is 0 Å². The largest absolute Gasteiger partial charge is 0.481 e. The molecule has 0 spiro atoms. The Morgan fingerprint density at radius 1 is 1.45 bits per heavy atom. The highest BCUT2D eigenvalue weighted by molar-refractivity contribution is 7.10. The van der Waals surface area contributed by atoms with E-state index in [1.54, 1.807) is 11.4 Å². The molecule has 7 nitrogen and oxygen atoms in total. The van der Waals surface area contributed by atoms with Gasteiger partial charge in [0.25, 0.3) is 0 Å². The van der Waals surface area contributed by atoms with Crippen LogP contribution in [0.25, 0.3) is 0 Å². The number of carboxylic acid groups (broad SMARTS) is 2. The van der Waals surface area contributed by atoms with E-state index in [-0.39, 0.29) is 6.54 Å². The fourth-order valence-corrected chi connectivity index (χ4v) is 3.21. The summed E-state index contributed by atoms with van der Waals surface area (Å²) in [5.41, 5.74) is 6.13. The van der Waals surface area contributed by atoms with E-state index in [9.17, 15) is 19.5 Å². The van der Waals surface area contributed by atoms with Crippen LogP contribution in [0.1, 0.15) is 22.9 Å². The van der Waals surface area contributed by atoms with Crippen LogP contribution in [0.15, 0.2) is 11.4 Å². The summed E-state index contributed by atoms with van der Waals surface area (Å²) >= 11 is 1.45. The molecular weight excluding hydrogens is 284 g/mol. The first kappa shape index (κ1) is 14.5. The van der Waals surface area contributed by atoms with Crippen molar-refractivity contribution >= 4 is 29.2 Å². The summed E-state index contributed by atoms with van der Waals surface area (Å²) in [6, 6.07) is -0.632. The highest BCUT2D eigenvalue weighted by Gasteiger charge is 2.38. The standard InChI is InChI=1S/C12H14N2O5S/c13-7(5-9(15)16)11(17)14-3-1-8-6(2-4-20-8)10(14)12(18)19/h2,4,7,10H,1,3,5,13H2,(H,15,16)(H,18,19). The van der Waals surface area contributed by atoms with Crippen molar-refractivity contribution in [2.75, 3.05) is 6.54 Å². The molecule has 0 radical (unpaired) electrons. The number of aliphatic carboxylic acids is 2. The van der Waals surface area contributed by atoms with Crippen LogP contribution in [-0.2, 0) is 20.8 Å². The van der Waals surface area contributed by atoms with Crippen LogP contribution >= 0.6 is 11.3 Å². The number of nitrogens with zero attached hydrogens (tertiary/aromatic N) is 1. The minimum absolute atomic E-state index is 0.233. The van der Waals surface area contributed by atoms with Gasteiger partial charge in [-0.25, -0.2) is 4.79 Å². The first-order chi connectivity index (χ1) is 9.41. The molecule has 8 heteroatoms. The van der Waals surface area contributed by atoms with Crippen LogP contribution in [0.4, 0.5) is 0 Å². The average Bonchev–Trinajstić information content (AvgIpc) is 2.83. The van der Waals surface area contributed by atoms with Gasteiger partial charge in [-0.2, -0.15) is 0 Å². The molecule has 20 heavy (non-hydrogen) atoms. The van der Waals surface area contributed by atoms with E-state index in [1.165, 1.54) is 11.3 Å². The molecular formula is C12H14N2O5S. The number of rotatable bonds is 4. The third kappa shape index (κ3) is 2.66. The maximum Gasteiger partial charge on any atom is 0.331 e. The summed E-state index contributed by atoms with van der Waals surface area (Å²) in [5, 5.41) is 19.8. The van der Waals surface area contributed by atoms with Crippen LogP contribution in [0, 0.1) is 0 Å². The molecule has 0 saturated heterocycles. The van der Waals surface area contributed by atoms with Crippen LogP contribution < -0.4 is 5.73 Å². The molecule has 0 bridgehead atoms. The van der Waals surface area contributed by atoms with Gasteiger partial charge in [0, 0.05) is 11.4 Å². The molecule has 2 heterocycles. The summed E-state index contributed by atoms with van der Waals surface area (Å²) in [5.74, 6) is -2.97. The van der Waals surface area contributed by atoms with E-state index in [0.29, 0.717) is 12.0 Å². The van der Waals surface area contributed by atoms with E-state index < -0.39 is 36.4 Å². The quantitative estimate of drug-likeness (QED) is 0.722. The maximum atomic E-state index is 12.2. The third-order valence-corrected chi connectivity index (χ3v) is 4.19. The Labute approximate surface area is 118 Å². The van der Waals surface area contributed by atoms with Gasteiger partial charge in [0.2, 0.25) is 5.91 Å². The number of carboxylic acids is 2. The molecule has 1 aromatic heterocycles.